The average Bonchev–Trinajstić information content (AvgIpc) is 2.29. The molecule has 1 fully saturated rings. The van der Waals surface area contributed by atoms with Crippen LogP contribution in [0.4, 0.5) is 0 Å². The fraction of sp³-hybridized carbons (Fsp3) is 0.667. The summed E-state index contributed by atoms with van der Waals surface area (Å²) >= 11 is 0. The summed E-state index contributed by atoms with van der Waals surface area (Å²) in [5, 5.41) is 9.65. The van der Waals surface area contributed by atoms with E-state index in [2.05, 4.69) is 6.58 Å². The maximum absolute atomic E-state index is 9.65. The van der Waals surface area contributed by atoms with Gasteiger partial charge in [0.25, 0.3) is 0 Å². The lowest BCUT2D eigenvalue weighted by molar-refractivity contribution is -0.279. The highest BCUT2D eigenvalue weighted by Gasteiger charge is 2.38. The SMILES string of the molecule is C=C[C@@H](O)C1C=CCC2(CCCCO2)O1. The van der Waals surface area contributed by atoms with Gasteiger partial charge < -0.3 is 14.6 Å². The van der Waals surface area contributed by atoms with Gasteiger partial charge in [-0.3, -0.25) is 0 Å². The van der Waals surface area contributed by atoms with Crippen LogP contribution >= 0.6 is 0 Å². The molecule has 0 bridgehead atoms. The normalized spacial score (nSPS) is 37.8. The second kappa shape index (κ2) is 4.47. The molecule has 1 saturated heterocycles. The molecule has 3 nitrogen and oxygen atoms in total. The molecule has 0 radical (unpaired) electrons. The zero-order chi connectivity index (χ0) is 10.7. The van der Waals surface area contributed by atoms with Crippen LogP contribution in [0.5, 0.6) is 0 Å². The average molecular weight is 210 g/mol. The Morgan fingerprint density at radius 1 is 1.53 bits per heavy atom. The van der Waals surface area contributed by atoms with Crippen LogP contribution in [0.25, 0.3) is 0 Å². The van der Waals surface area contributed by atoms with E-state index in [-0.39, 0.29) is 6.10 Å². The molecule has 0 aromatic carbocycles. The van der Waals surface area contributed by atoms with E-state index < -0.39 is 11.9 Å². The highest BCUT2D eigenvalue weighted by atomic mass is 16.7. The molecule has 3 atom stereocenters. The van der Waals surface area contributed by atoms with Gasteiger partial charge in [0.05, 0.1) is 6.61 Å². The van der Waals surface area contributed by atoms with Gasteiger partial charge in [-0.05, 0) is 12.8 Å². The van der Waals surface area contributed by atoms with Gasteiger partial charge in [-0.2, -0.15) is 0 Å². The molecular formula is C12H18O3. The largest absolute Gasteiger partial charge is 0.386 e. The molecular weight excluding hydrogens is 192 g/mol. The number of hydrogen-bond acceptors (Lipinski definition) is 3. The Bertz CT molecular complexity index is 254. The molecule has 0 amide bonds. The fourth-order valence-corrected chi connectivity index (χ4v) is 2.12. The molecule has 0 aromatic heterocycles. The third-order valence-corrected chi connectivity index (χ3v) is 3.00. The molecule has 1 spiro atoms. The summed E-state index contributed by atoms with van der Waals surface area (Å²) in [7, 11) is 0. The van der Waals surface area contributed by atoms with Crippen molar-refractivity contribution in [2.75, 3.05) is 6.61 Å². The maximum Gasteiger partial charge on any atom is 0.172 e. The molecule has 2 rings (SSSR count). The summed E-state index contributed by atoms with van der Waals surface area (Å²) in [6, 6.07) is 0. The summed E-state index contributed by atoms with van der Waals surface area (Å²) in [5.74, 6) is -0.484. The molecule has 2 heterocycles. The minimum Gasteiger partial charge on any atom is -0.386 e. The Kier molecular flexibility index (Phi) is 3.24. The van der Waals surface area contributed by atoms with E-state index >= 15 is 0 Å². The number of aliphatic hydroxyl groups excluding tert-OH is 1. The Labute approximate surface area is 90.4 Å². The lowest BCUT2D eigenvalue weighted by atomic mass is 9.98. The second-order valence-electron chi connectivity index (χ2n) is 4.16. The Morgan fingerprint density at radius 3 is 3.07 bits per heavy atom. The lowest BCUT2D eigenvalue weighted by Gasteiger charge is -2.41. The number of rotatable bonds is 2. The van der Waals surface area contributed by atoms with E-state index in [1.807, 2.05) is 12.2 Å². The van der Waals surface area contributed by atoms with Crippen molar-refractivity contribution in [3.8, 4) is 0 Å². The number of ether oxygens (including phenoxy) is 2. The van der Waals surface area contributed by atoms with E-state index in [0.29, 0.717) is 0 Å². The summed E-state index contributed by atoms with van der Waals surface area (Å²) in [4.78, 5) is 0. The van der Waals surface area contributed by atoms with Crippen molar-refractivity contribution < 1.29 is 14.6 Å². The minimum atomic E-state index is -0.649. The Hall–Kier alpha value is -0.640. The van der Waals surface area contributed by atoms with E-state index in [1.54, 1.807) is 0 Å². The maximum atomic E-state index is 9.65. The second-order valence-corrected chi connectivity index (χ2v) is 4.16. The molecule has 84 valence electrons. The summed E-state index contributed by atoms with van der Waals surface area (Å²) in [5.41, 5.74) is 0. The predicted octanol–water partition coefficient (Wildman–Crippen LogP) is 1.78. The van der Waals surface area contributed by atoms with Crippen LogP contribution in [0, 0.1) is 0 Å². The third kappa shape index (κ3) is 2.30. The molecule has 3 heteroatoms. The van der Waals surface area contributed by atoms with Crippen molar-refractivity contribution >= 4 is 0 Å². The van der Waals surface area contributed by atoms with E-state index in [1.165, 1.54) is 6.08 Å². The summed E-state index contributed by atoms with van der Waals surface area (Å²) in [6.45, 7) is 4.32. The standard InChI is InChI=1S/C12H18O3/c1-2-10(13)11-6-5-8-12(15-11)7-3-4-9-14-12/h2,5-6,10-11,13H,1,3-4,7-9H2/t10-,11?,12?/m1/s1. The molecule has 2 aliphatic heterocycles. The Balaban J connectivity index is 2.05. The first kappa shape index (κ1) is 10.9. The predicted molar refractivity (Wildman–Crippen MR) is 57.4 cm³/mol. The zero-order valence-corrected chi connectivity index (χ0v) is 8.89. The molecule has 1 N–H and O–H groups in total. The van der Waals surface area contributed by atoms with Crippen LogP contribution in [-0.4, -0.2) is 29.7 Å². The summed E-state index contributed by atoms with van der Waals surface area (Å²) < 4.78 is 11.5. The van der Waals surface area contributed by atoms with Gasteiger partial charge in [-0.15, -0.1) is 6.58 Å². The van der Waals surface area contributed by atoms with Gasteiger partial charge >= 0.3 is 0 Å². The topological polar surface area (TPSA) is 38.7 Å². The Morgan fingerprint density at radius 2 is 2.40 bits per heavy atom. The zero-order valence-electron chi connectivity index (χ0n) is 8.89. The lowest BCUT2D eigenvalue weighted by Crippen LogP contribution is -2.46. The third-order valence-electron chi connectivity index (χ3n) is 3.00. The highest BCUT2D eigenvalue weighted by Crippen LogP contribution is 2.34. The van der Waals surface area contributed by atoms with E-state index in [4.69, 9.17) is 9.47 Å². The fourth-order valence-electron chi connectivity index (χ4n) is 2.12. The number of hydrogen-bond donors (Lipinski definition) is 1. The monoisotopic (exact) mass is 210 g/mol. The van der Waals surface area contributed by atoms with Gasteiger partial charge in [0.1, 0.15) is 12.2 Å². The van der Waals surface area contributed by atoms with E-state index in [9.17, 15) is 5.11 Å². The van der Waals surface area contributed by atoms with Gasteiger partial charge in [-0.1, -0.05) is 18.2 Å². The van der Waals surface area contributed by atoms with Crippen LogP contribution in [0.3, 0.4) is 0 Å². The van der Waals surface area contributed by atoms with Crippen molar-refractivity contribution in [2.24, 2.45) is 0 Å². The van der Waals surface area contributed by atoms with Crippen LogP contribution in [0.2, 0.25) is 0 Å². The first-order valence-corrected chi connectivity index (χ1v) is 5.55. The van der Waals surface area contributed by atoms with Gasteiger partial charge in [0.15, 0.2) is 5.79 Å². The van der Waals surface area contributed by atoms with Crippen molar-refractivity contribution in [3.63, 3.8) is 0 Å². The van der Waals surface area contributed by atoms with Crippen LogP contribution in [0.15, 0.2) is 24.8 Å². The minimum absolute atomic E-state index is 0.311. The first-order valence-electron chi connectivity index (χ1n) is 5.55. The highest BCUT2D eigenvalue weighted by molar-refractivity contribution is 5.05. The first-order chi connectivity index (χ1) is 7.26. The molecule has 2 aliphatic rings. The van der Waals surface area contributed by atoms with Crippen molar-refractivity contribution in [1.82, 2.24) is 0 Å². The van der Waals surface area contributed by atoms with E-state index in [0.717, 1.165) is 32.3 Å². The molecule has 0 aliphatic carbocycles. The molecule has 2 unspecified atom stereocenters. The molecule has 15 heavy (non-hydrogen) atoms. The van der Waals surface area contributed by atoms with Gasteiger partial charge in [0.2, 0.25) is 0 Å². The molecule has 0 aromatic rings. The van der Waals surface area contributed by atoms with Gasteiger partial charge in [0, 0.05) is 12.8 Å². The van der Waals surface area contributed by atoms with Crippen LogP contribution in [-0.2, 0) is 9.47 Å². The van der Waals surface area contributed by atoms with Crippen molar-refractivity contribution in [2.45, 2.75) is 43.7 Å². The quantitative estimate of drug-likeness (QED) is 0.706. The van der Waals surface area contributed by atoms with Gasteiger partial charge in [-0.25, -0.2) is 0 Å². The van der Waals surface area contributed by atoms with Crippen LogP contribution in [0.1, 0.15) is 25.7 Å². The van der Waals surface area contributed by atoms with Crippen molar-refractivity contribution in [3.05, 3.63) is 24.8 Å². The van der Waals surface area contributed by atoms with Crippen LogP contribution < -0.4 is 0 Å². The number of aliphatic hydroxyl groups is 1. The smallest absolute Gasteiger partial charge is 0.172 e. The summed E-state index contributed by atoms with van der Waals surface area (Å²) in [6.07, 6.45) is 8.39. The van der Waals surface area contributed by atoms with Crippen molar-refractivity contribution in [1.29, 1.82) is 0 Å². The molecule has 0 saturated carbocycles.